The third kappa shape index (κ3) is 4.49. The lowest BCUT2D eigenvalue weighted by Gasteiger charge is -2.18. The van der Waals surface area contributed by atoms with Crippen LogP contribution in [-0.2, 0) is 6.42 Å². The van der Waals surface area contributed by atoms with Gasteiger partial charge in [0, 0.05) is 6.54 Å². The molecule has 1 unspecified atom stereocenters. The number of benzene rings is 1. The normalized spacial score (nSPS) is 20.0. The van der Waals surface area contributed by atoms with Crippen LogP contribution in [0, 0.1) is 5.92 Å². The molecule has 2 nitrogen and oxygen atoms in total. The molecule has 1 saturated heterocycles. The van der Waals surface area contributed by atoms with Gasteiger partial charge in [-0.25, -0.2) is 0 Å². The Morgan fingerprint density at radius 3 is 2.76 bits per heavy atom. The molecule has 0 bridgehead atoms. The summed E-state index contributed by atoms with van der Waals surface area (Å²) in [5.41, 5.74) is 1.45. The van der Waals surface area contributed by atoms with Crippen molar-refractivity contribution in [3.05, 3.63) is 35.9 Å². The Bertz CT molecular complexity index is 304. The molecule has 0 spiro atoms. The van der Waals surface area contributed by atoms with Crippen molar-refractivity contribution >= 4 is 0 Å². The first-order chi connectivity index (χ1) is 8.34. The van der Waals surface area contributed by atoms with Crippen LogP contribution in [0.25, 0.3) is 0 Å². The van der Waals surface area contributed by atoms with Crippen molar-refractivity contribution < 1.29 is 0 Å². The van der Waals surface area contributed by atoms with Crippen LogP contribution in [0.1, 0.15) is 18.4 Å². The van der Waals surface area contributed by atoms with Crippen molar-refractivity contribution in [3.8, 4) is 0 Å². The summed E-state index contributed by atoms with van der Waals surface area (Å²) in [7, 11) is 2.24. The molecule has 1 heterocycles. The molecule has 0 saturated carbocycles. The van der Waals surface area contributed by atoms with Crippen LogP contribution in [0.5, 0.6) is 0 Å². The minimum Gasteiger partial charge on any atom is -0.316 e. The molecule has 1 aliphatic heterocycles. The third-order valence-corrected chi connectivity index (χ3v) is 3.71. The van der Waals surface area contributed by atoms with E-state index < -0.39 is 0 Å². The summed E-state index contributed by atoms with van der Waals surface area (Å²) in [5.74, 6) is 0.911. The molecule has 1 aromatic rings. The Hall–Kier alpha value is -0.860. The van der Waals surface area contributed by atoms with Gasteiger partial charge in [0.15, 0.2) is 0 Å². The van der Waals surface area contributed by atoms with Crippen LogP contribution in [0.3, 0.4) is 0 Å². The molecule has 1 fully saturated rings. The largest absolute Gasteiger partial charge is 0.316 e. The van der Waals surface area contributed by atoms with E-state index in [2.05, 4.69) is 47.6 Å². The topological polar surface area (TPSA) is 15.3 Å². The van der Waals surface area contributed by atoms with Crippen LogP contribution in [0.4, 0.5) is 0 Å². The summed E-state index contributed by atoms with van der Waals surface area (Å²) in [6.45, 7) is 4.86. The van der Waals surface area contributed by atoms with E-state index in [1.165, 1.54) is 51.0 Å². The van der Waals surface area contributed by atoms with Gasteiger partial charge in [0.2, 0.25) is 0 Å². The third-order valence-electron chi connectivity index (χ3n) is 3.71. The molecule has 2 heteroatoms. The minimum absolute atomic E-state index is 0.911. The van der Waals surface area contributed by atoms with Crippen LogP contribution >= 0.6 is 0 Å². The van der Waals surface area contributed by atoms with Crippen LogP contribution < -0.4 is 5.32 Å². The zero-order chi connectivity index (χ0) is 11.9. The average molecular weight is 232 g/mol. The van der Waals surface area contributed by atoms with E-state index in [0.717, 1.165) is 5.92 Å². The van der Waals surface area contributed by atoms with E-state index in [-0.39, 0.29) is 0 Å². The molecule has 0 amide bonds. The summed E-state index contributed by atoms with van der Waals surface area (Å²) in [5, 5.41) is 3.44. The molecule has 2 rings (SSSR count). The Kier molecular flexibility index (Phi) is 5.02. The maximum atomic E-state index is 3.44. The second-order valence-electron chi connectivity index (χ2n) is 5.19. The molecule has 0 aromatic heterocycles. The van der Waals surface area contributed by atoms with Gasteiger partial charge >= 0.3 is 0 Å². The highest BCUT2D eigenvalue weighted by molar-refractivity contribution is 5.14. The Balaban J connectivity index is 1.62. The van der Waals surface area contributed by atoms with Gasteiger partial charge in [-0.15, -0.1) is 0 Å². The van der Waals surface area contributed by atoms with Gasteiger partial charge < -0.3 is 10.2 Å². The molecule has 0 aliphatic carbocycles. The number of rotatable bonds is 6. The molecule has 1 N–H and O–H groups in total. The first-order valence-corrected chi connectivity index (χ1v) is 6.78. The predicted octanol–water partition coefficient (Wildman–Crippen LogP) is 2.16. The van der Waals surface area contributed by atoms with Gasteiger partial charge in [-0.3, -0.25) is 0 Å². The van der Waals surface area contributed by atoms with E-state index in [1.807, 2.05) is 0 Å². The van der Waals surface area contributed by atoms with E-state index >= 15 is 0 Å². The van der Waals surface area contributed by atoms with Gasteiger partial charge in [0.1, 0.15) is 0 Å². The van der Waals surface area contributed by atoms with E-state index in [4.69, 9.17) is 0 Å². The highest BCUT2D eigenvalue weighted by Gasteiger charge is 2.14. The highest BCUT2D eigenvalue weighted by atomic mass is 15.1. The number of likely N-dealkylation sites (N-methyl/N-ethyl adjacent to an activating group) is 1. The van der Waals surface area contributed by atoms with Gasteiger partial charge in [-0.05, 0) is 57.4 Å². The molecule has 0 radical (unpaired) electrons. The van der Waals surface area contributed by atoms with Crippen molar-refractivity contribution in [1.82, 2.24) is 10.2 Å². The van der Waals surface area contributed by atoms with Crippen molar-refractivity contribution in [2.75, 3.05) is 33.2 Å². The lowest BCUT2D eigenvalue weighted by Crippen LogP contribution is -2.24. The summed E-state index contributed by atoms with van der Waals surface area (Å²) >= 11 is 0. The Morgan fingerprint density at radius 1 is 1.24 bits per heavy atom. The zero-order valence-electron chi connectivity index (χ0n) is 10.9. The van der Waals surface area contributed by atoms with Crippen LogP contribution in [0.15, 0.2) is 30.3 Å². The van der Waals surface area contributed by atoms with Crippen molar-refractivity contribution in [1.29, 1.82) is 0 Å². The molecule has 1 aliphatic rings. The fraction of sp³-hybridized carbons (Fsp3) is 0.600. The standard InChI is InChI=1S/C15H24N2/c1-17(12-9-15-7-10-16-13-15)11-8-14-5-3-2-4-6-14/h2-6,15-16H,7-13H2,1H3. The van der Waals surface area contributed by atoms with Crippen LogP contribution in [0.2, 0.25) is 0 Å². The van der Waals surface area contributed by atoms with E-state index in [0.29, 0.717) is 0 Å². The molecule has 1 atom stereocenters. The maximum Gasteiger partial charge on any atom is 0.00188 e. The summed E-state index contributed by atoms with van der Waals surface area (Å²) in [6, 6.07) is 10.8. The number of hydrogen-bond acceptors (Lipinski definition) is 2. The van der Waals surface area contributed by atoms with Gasteiger partial charge in [-0.1, -0.05) is 30.3 Å². The quantitative estimate of drug-likeness (QED) is 0.808. The van der Waals surface area contributed by atoms with Crippen molar-refractivity contribution in [2.24, 2.45) is 5.92 Å². The maximum absolute atomic E-state index is 3.44. The van der Waals surface area contributed by atoms with E-state index in [1.54, 1.807) is 0 Å². The smallest absolute Gasteiger partial charge is 0.00188 e. The first kappa shape index (κ1) is 12.6. The second-order valence-corrected chi connectivity index (χ2v) is 5.19. The fourth-order valence-corrected chi connectivity index (χ4v) is 2.44. The number of hydrogen-bond donors (Lipinski definition) is 1. The monoisotopic (exact) mass is 232 g/mol. The second kappa shape index (κ2) is 6.77. The van der Waals surface area contributed by atoms with Crippen molar-refractivity contribution in [2.45, 2.75) is 19.3 Å². The van der Waals surface area contributed by atoms with Crippen molar-refractivity contribution in [3.63, 3.8) is 0 Å². The van der Waals surface area contributed by atoms with Gasteiger partial charge in [0.05, 0.1) is 0 Å². The first-order valence-electron chi connectivity index (χ1n) is 6.78. The highest BCUT2D eigenvalue weighted by Crippen LogP contribution is 2.12. The SMILES string of the molecule is CN(CCc1ccccc1)CCC1CCNC1. The molecule has 17 heavy (non-hydrogen) atoms. The average Bonchev–Trinajstić information content (AvgIpc) is 2.88. The lowest BCUT2D eigenvalue weighted by molar-refractivity contribution is 0.308. The molecular formula is C15H24N2. The van der Waals surface area contributed by atoms with E-state index in [9.17, 15) is 0 Å². The summed E-state index contributed by atoms with van der Waals surface area (Å²) < 4.78 is 0. The molecular weight excluding hydrogens is 208 g/mol. The molecule has 1 aromatic carbocycles. The number of nitrogens with zero attached hydrogens (tertiary/aromatic N) is 1. The molecule has 94 valence electrons. The Labute approximate surface area is 105 Å². The minimum atomic E-state index is 0.911. The zero-order valence-corrected chi connectivity index (χ0v) is 10.9. The van der Waals surface area contributed by atoms with Crippen LogP contribution in [-0.4, -0.2) is 38.1 Å². The number of nitrogens with one attached hydrogen (secondary N) is 1. The Morgan fingerprint density at radius 2 is 2.06 bits per heavy atom. The summed E-state index contributed by atoms with van der Waals surface area (Å²) in [6.07, 6.45) is 3.88. The van der Waals surface area contributed by atoms with Gasteiger partial charge in [-0.2, -0.15) is 0 Å². The lowest BCUT2D eigenvalue weighted by atomic mass is 10.0. The predicted molar refractivity (Wildman–Crippen MR) is 73.2 cm³/mol. The summed E-state index contributed by atoms with van der Waals surface area (Å²) in [4.78, 5) is 2.46. The van der Waals surface area contributed by atoms with Gasteiger partial charge in [0.25, 0.3) is 0 Å². The fourth-order valence-electron chi connectivity index (χ4n) is 2.44.